The van der Waals surface area contributed by atoms with E-state index in [1.54, 1.807) is 6.07 Å². The molecule has 1 spiro atoms. The summed E-state index contributed by atoms with van der Waals surface area (Å²) in [7, 11) is 0. The van der Waals surface area contributed by atoms with Crippen LogP contribution in [0.4, 0.5) is 0 Å². The van der Waals surface area contributed by atoms with E-state index in [4.69, 9.17) is 5.48 Å². The first kappa shape index (κ1) is 26.9. The standard InChI is InChI=1S/C59H46/c1-58(2)51-22-12-11-15-42(51)50-32-36(24-26-52(50)58)54-44-17-6-8-19-46(44)55(47-20-9-7-18-45(47)54)37-23-25-49-53(33-37)59(38-28-34-27-35(30-38)31-39(59)29-34)57-48-21-10-4-14-41(48)40-13-3-5-16-43(40)56(49)57/h3-26,32-35,38-39H,27-31H2,1-2H3/i3D,4D,5D,10D,13D,14D,16D. The molecule has 4 saturated carbocycles. The second-order valence-corrected chi connectivity index (χ2v) is 19.0. The largest absolute Gasteiger partial charge is 0.0629 e. The zero-order valence-electron chi connectivity index (χ0n) is 40.3. The molecule has 282 valence electrons. The second-order valence-electron chi connectivity index (χ2n) is 19.0. The van der Waals surface area contributed by atoms with E-state index in [2.05, 4.69) is 123 Å². The first-order valence-electron chi connectivity index (χ1n) is 25.2. The minimum Gasteiger partial charge on any atom is -0.0619 e. The maximum Gasteiger partial charge on any atom is 0.0629 e. The highest BCUT2D eigenvalue weighted by molar-refractivity contribution is 6.22. The number of rotatable bonds is 2. The van der Waals surface area contributed by atoms with Gasteiger partial charge in [0.15, 0.2) is 0 Å². The van der Waals surface area contributed by atoms with Crippen LogP contribution in [0.1, 0.15) is 77.8 Å². The Labute approximate surface area is 356 Å². The second kappa shape index (κ2) is 11.4. The molecule has 9 aromatic carbocycles. The molecule has 0 saturated heterocycles. The van der Waals surface area contributed by atoms with E-state index >= 15 is 0 Å². The number of benzene rings is 9. The molecule has 9 aromatic rings. The van der Waals surface area contributed by atoms with Crippen LogP contribution in [-0.4, -0.2) is 0 Å². The Hall–Kier alpha value is -5.98. The lowest BCUT2D eigenvalue weighted by Gasteiger charge is -2.61. The predicted octanol–water partition coefficient (Wildman–Crippen LogP) is 15.7. The summed E-state index contributed by atoms with van der Waals surface area (Å²) in [6, 6.07) is 41.0. The molecule has 0 aliphatic heterocycles. The Kier molecular flexibility index (Phi) is 5.20. The van der Waals surface area contributed by atoms with E-state index in [1.165, 1.54) is 72.5 Å². The molecular weight excluding hydrogens is 709 g/mol. The zero-order valence-corrected chi connectivity index (χ0v) is 33.3. The van der Waals surface area contributed by atoms with Crippen molar-refractivity contribution in [2.75, 3.05) is 0 Å². The molecule has 6 aliphatic carbocycles. The van der Waals surface area contributed by atoms with Crippen LogP contribution in [-0.2, 0) is 10.8 Å². The Morgan fingerprint density at radius 2 is 0.966 bits per heavy atom. The van der Waals surface area contributed by atoms with Crippen molar-refractivity contribution in [1.82, 2.24) is 0 Å². The van der Waals surface area contributed by atoms with Gasteiger partial charge in [0.1, 0.15) is 0 Å². The number of hydrogen-bond acceptors (Lipinski definition) is 0. The molecule has 0 radical (unpaired) electrons. The first-order chi connectivity index (χ1) is 31.9. The minimum atomic E-state index is -0.487. The van der Waals surface area contributed by atoms with Crippen molar-refractivity contribution in [2.45, 2.75) is 56.8 Å². The van der Waals surface area contributed by atoms with Gasteiger partial charge in [-0.3, -0.25) is 0 Å². The van der Waals surface area contributed by atoms with Crippen LogP contribution < -0.4 is 0 Å². The maximum absolute atomic E-state index is 9.59. The van der Waals surface area contributed by atoms with E-state index in [9.17, 15) is 4.11 Å². The lowest BCUT2D eigenvalue weighted by atomic mass is 9.43. The fraction of sp³-hybridized carbons (Fsp3) is 0.220. The highest BCUT2D eigenvalue weighted by atomic mass is 14.7. The summed E-state index contributed by atoms with van der Waals surface area (Å²) in [6.45, 7) is 4.66. The quantitative estimate of drug-likeness (QED) is 0.122. The topological polar surface area (TPSA) is 0 Å². The Morgan fingerprint density at radius 3 is 1.64 bits per heavy atom. The monoisotopic (exact) mass is 761 g/mol. The number of fused-ring (bicyclic) bond motifs is 13. The average molecular weight is 762 g/mol. The van der Waals surface area contributed by atoms with Gasteiger partial charge in [-0.15, -0.1) is 0 Å². The van der Waals surface area contributed by atoms with Gasteiger partial charge in [-0.05, 0) is 178 Å². The summed E-state index contributed by atoms with van der Waals surface area (Å²) in [6.07, 6.45) is 5.61. The Balaban J connectivity index is 1.08. The maximum atomic E-state index is 9.59. The molecule has 4 bridgehead atoms. The lowest BCUT2D eigenvalue weighted by molar-refractivity contribution is -0.0393. The van der Waals surface area contributed by atoms with Crippen molar-refractivity contribution < 1.29 is 9.60 Å². The van der Waals surface area contributed by atoms with E-state index in [-0.39, 0.29) is 53.1 Å². The van der Waals surface area contributed by atoms with Gasteiger partial charge in [-0.1, -0.05) is 159 Å². The molecule has 15 rings (SSSR count). The van der Waals surface area contributed by atoms with E-state index < -0.39 is 5.41 Å². The summed E-state index contributed by atoms with van der Waals surface area (Å²) < 4.78 is 64.1. The van der Waals surface area contributed by atoms with E-state index in [0.29, 0.717) is 39.8 Å². The summed E-state index contributed by atoms with van der Waals surface area (Å²) >= 11 is 0. The summed E-state index contributed by atoms with van der Waals surface area (Å²) in [5.41, 5.74) is 13.5. The molecular formula is C59H46. The van der Waals surface area contributed by atoms with Gasteiger partial charge in [0, 0.05) is 10.8 Å². The molecule has 0 atom stereocenters. The third kappa shape index (κ3) is 4.06. The summed E-state index contributed by atoms with van der Waals surface area (Å²) in [4.78, 5) is 0. The van der Waals surface area contributed by atoms with Gasteiger partial charge in [0.05, 0.1) is 9.60 Å². The van der Waals surface area contributed by atoms with Crippen LogP contribution in [0.2, 0.25) is 0 Å². The van der Waals surface area contributed by atoms with E-state index in [1.807, 2.05) is 0 Å². The molecule has 0 unspecified atom stereocenters. The average Bonchev–Trinajstić information content (AvgIpc) is 3.74. The summed E-state index contributed by atoms with van der Waals surface area (Å²) in [5, 5.41) is 6.54. The predicted molar refractivity (Wildman–Crippen MR) is 248 cm³/mol. The molecule has 0 amide bonds. The van der Waals surface area contributed by atoms with Gasteiger partial charge >= 0.3 is 0 Å². The Bertz CT molecular complexity index is 3640. The first-order valence-corrected chi connectivity index (χ1v) is 21.7. The fourth-order valence-corrected chi connectivity index (χ4v) is 14.2. The molecule has 0 nitrogen and oxygen atoms in total. The molecule has 59 heavy (non-hydrogen) atoms. The van der Waals surface area contributed by atoms with Crippen molar-refractivity contribution in [3.8, 4) is 44.5 Å². The Morgan fingerprint density at radius 1 is 0.424 bits per heavy atom. The fourth-order valence-electron chi connectivity index (χ4n) is 14.2. The van der Waals surface area contributed by atoms with Gasteiger partial charge < -0.3 is 0 Å². The molecule has 0 heteroatoms. The van der Waals surface area contributed by atoms with Crippen LogP contribution in [0.3, 0.4) is 0 Å². The van der Waals surface area contributed by atoms with E-state index in [0.717, 1.165) is 47.9 Å². The minimum absolute atomic E-state index is 0.0279. The van der Waals surface area contributed by atoms with Crippen molar-refractivity contribution in [1.29, 1.82) is 0 Å². The van der Waals surface area contributed by atoms with Crippen LogP contribution in [0, 0.1) is 23.7 Å². The van der Waals surface area contributed by atoms with Crippen LogP contribution in [0.5, 0.6) is 0 Å². The van der Waals surface area contributed by atoms with Crippen LogP contribution >= 0.6 is 0 Å². The molecule has 0 N–H and O–H groups in total. The molecule has 4 fully saturated rings. The highest BCUT2D eigenvalue weighted by Crippen LogP contribution is 2.71. The van der Waals surface area contributed by atoms with Crippen molar-refractivity contribution in [3.05, 3.63) is 180 Å². The molecule has 6 aliphatic rings. The number of hydrogen-bond donors (Lipinski definition) is 0. The van der Waals surface area contributed by atoms with Gasteiger partial charge in [0.2, 0.25) is 0 Å². The normalized spacial score (nSPS) is 25.6. The van der Waals surface area contributed by atoms with Crippen LogP contribution in [0.15, 0.2) is 158 Å². The molecule has 0 aromatic heterocycles. The van der Waals surface area contributed by atoms with Crippen molar-refractivity contribution in [2.24, 2.45) is 23.7 Å². The van der Waals surface area contributed by atoms with Gasteiger partial charge in [-0.2, -0.15) is 0 Å². The third-order valence-electron chi connectivity index (χ3n) is 16.1. The lowest BCUT2D eigenvalue weighted by Crippen LogP contribution is -2.55. The SMILES string of the molecule is [2H]c1cc2c3c(c4c([2H])c([2H])c([2H])c([2H])c4c2c([2H])c1[2H])-c1ccc(-c2c4ccccc4c(-c4ccc5c(c4)-c4ccccc4C5(C)C)c4ccccc24)cc1C31C2CC3CC(C2)CC1C3. The van der Waals surface area contributed by atoms with Crippen LogP contribution in [0.25, 0.3) is 87.6 Å². The van der Waals surface area contributed by atoms with Gasteiger partial charge in [-0.25, -0.2) is 0 Å². The van der Waals surface area contributed by atoms with Gasteiger partial charge in [0.25, 0.3) is 0 Å². The smallest absolute Gasteiger partial charge is 0.0619 e. The third-order valence-corrected chi connectivity index (χ3v) is 16.1. The zero-order chi connectivity index (χ0) is 44.9. The molecule has 0 heterocycles. The summed E-state index contributed by atoms with van der Waals surface area (Å²) in [5.74, 6) is 1.89. The van der Waals surface area contributed by atoms with Crippen molar-refractivity contribution in [3.63, 3.8) is 0 Å². The highest BCUT2D eigenvalue weighted by Gasteiger charge is 2.62. The van der Waals surface area contributed by atoms with Crippen molar-refractivity contribution >= 4 is 43.1 Å².